The van der Waals surface area contributed by atoms with Crippen molar-refractivity contribution in [3.8, 4) is 5.75 Å². The molecule has 2 rings (SSSR count). The predicted octanol–water partition coefficient (Wildman–Crippen LogP) is 4.24. The Bertz CT molecular complexity index is 508. The van der Waals surface area contributed by atoms with Crippen LogP contribution in [0.15, 0.2) is 22.7 Å². The van der Waals surface area contributed by atoms with Crippen LogP contribution >= 0.6 is 15.9 Å². The maximum Gasteiger partial charge on any atom is 0.250 e. The molecule has 1 saturated heterocycles. The van der Waals surface area contributed by atoms with E-state index in [1.165, 1.54) is 5.56 Å². The van der Waals surface area contributed by atoms with E-state index in [9.17, 15) is 0 Å². The number of hydrogen-bond acceptors (Lipinski definition) is 3. The van der Waals surface area contributed by atoms with Crippen LogP contribution in [0.3, 0.4) is 0 Å². The molecule has 1 aliphatic rings. The lowest BCUT2D eigenvalue weighted by molar-refractivity contribution is 0.231. The molecule has 1 heterocycles. The molecule has 1 N–H and O–H groups in total. The Labute approximate surface area is 144 Å². The topological polar surface area (TPSA) is 24.5 Å². The number of benzene rings is 1. The van der Waals surface area contributed by atoms with Crippen molar-refractivity contribution < 1.29 is 4.43 Å². The van der Waals surface area contributed by atoms with Crippen molar-refractivity contribution >= 4 is 24.2 Å². The van der Waals surface area contributed by atoms with Crippen LogP contribution in [0, 0.1) is 0 Å². The first-order valence-corrected chi connectivity index (χ1v) is 11.8. The van der Waals surface area contributed by atoms with Gasteiger partial charge in [-0.25, -0.2) is 0 Å². The Morgan fingerprint density at radius 3 is 2.45 bits per heavy atom. The van der Waals surface area contributed by atoms with Gasteiger partial charge >= 0.3 is 0 Å². The van der Waals surface area contributed by atoms with Crippen LogP contribution in [0.5, 0.6) is 5.75 Å². The molecule has 5 heteroatoms. The van der Waals surface area contributed by atoms with E-state index in [4.69, 9.17) is 4.43 Å². The average Bonchev–Trinajstić information content (AvgIpc) is 2.41. The summed E-state index contributed by atoms with van der Waals surface area (Å²) in [5.41, 5.74) is 1.30. The summed E-state index contributed by atoms with van der Waals surface area (Å²) in [6.07, 6.45) is 0. The van der Waals surface area contributed by atoms with Gasteiger partial charge in [-0.1, -0.05) is 42.8 Å². The van der Waals surface area contributed by atoms with E-state index < -0.39 is 8.32 Å². The molecule has 0 unspecified atom stereocenters. The molecule has 0 atom stereocenters. The minimum Gasteiger partial charge on any atom is -0.543 e. The lowest BCUT2D eigenvalue weighted by Gasteiger charge is -2.37. The summed E-state index contributed by atoms with van der Waals surface area (Å²) in [6, 6.07) is 6.46. The van der Waals surface area contributed by atoms with Gasteiger partial charge in [0.1, 0.15) is 5.75 Å². The number of halogens is 1. The second-order valence-electron chi connectivity index (χ2n) is 7.64. The van der Waals surface area contributed by atoms with Crippen LogP contribution in [0.25, 0.3) is 0 Å². The second kappa shape index (κ2) is 7.03. The quantitative estimate of drug-likeness (QED) is 0.785. The molecule has 124 valence electrons. The van der Waals surface area contributed by atoms with Crippen molar-refractivity contribution in [2.24, 2.45) is 0 Å². The maximum absolute atomic E-state index is 6.59. The van der Waals surface area contributed by atoms with E-state index in [1.807, 2.05) is 0 Å². The first kappa shape index (κ1) is 18.0. The molecule has 22 heavy (non-hydrogen) atoms. The van der Waals surface area contributed by atoms with Crippen LogP contribution in [0.2, 0.25) is 18.1 Å². The number of piperazine rings is 1. The summed E-state index contributed by atoms with van der Waals surface area (Å²) in [5.74, 6) is 1.06. The Morgan fingerprint density at radius 2 is 1.86 bits per heavy atom. The molecule has 0 spiro atoms. The van der Waals surface area contributed by atoms with Crippen molar-refractivity contribution in [2.45, 2.75) is 45.4 Å². The largest absolute Gasteiger partial charge is 0.543 e. The highest BCUT2D eigenvalue weighted by atomic mass is 79.9. The molecule has 0 aliphatic carbocycles. The minimum absolute atomic E-state index is 0.210. The molecule has 1 aromatic rings. The zero-order chi connectivity index (χ0) is 16.4. The number of rotatable bonds is 4. The number of nitrogens with one attached hydrogen (secondary N) is 1. The lowest BCUT2D eigenvalue weighted by Crippen LogP contribution is -2.45. The standard InChI is InChI=1S/C17H29BrN2OSi/c1-17(2,3)22(4,5)21-16-12-15(18)7-6-14(16)13-20-10-8-19-9-11-20/h6-7,12,19H,8-11,13H2,1-5H3. The van der Waals surface area contributed by atoms with Crippen LogP contribution in [0.1, 0.15) is 26.3 Å². The van der Waals surface area contributed by atoms with Gasteiger partial charge in [0.2, 0.25) is 8.32 Å². The first-order chi connectivity index (χ1) is 10.2. The fourth-order valence-electron chi connectivity index (χ4n) is 2.29. The highest BCUT2D eigenvalue weighted by molar-refractivity contribution is 9.10. The summed E-state index contributed by atoms with van der Waals surface area (Å²) in [5, 5.41) is 3.62. The fourth-order valence-corrected chi connectivity index (χ4v) is 3.68. The van der Waals surface area contributed by atoms with E-state index in [-0.39, 0.29) is 5.04 Å². The fraction of sp³-hybridized carbons (Fsp3) is 0.647. The molecule has 0 bridgehead atoms. The third-order valence-electron chi connectivity index (χ3n) is 4.80. The Kier molecular flexibility index (Phi) is 5.75. The molecular weight excluding hydrogens is 356 g/mol. The maximum atomic E-state index is 6.59. The Hall–Kier alpha value is -0.363. The number of nitrogens with zero attached hydrogens (tertiary/aromatic N) is 1. The van der Waals surface area contributed by atoms with E-state index in [1.54, 1.807) is 0 Å². The normalized spacial score (nSPS) is 17.5. The molecule has 0 saturated carbocycles. The second-order valence-corrected chi connectivity index (χ2v) is 13.3. The van der Waals surface area contributed by atoms with Crippen LogP contribution in [0.4, 0.5) is 0 Å². The third-order valence-corrected chi connectivity index (χ3v) is 9.64. The Balaban J connectivity index is 2.20. The zero-order valence-electron chi connectivity index (χ0n) is 14.5. The van der Waals surface area contributed by atoms with Crippen molar-refractivity contribution in [3.05, 3.63) is 28.2 Å². The van der Waals surface area contributed by atoms with Gasteiger partial charge < -0.3 is 9.74 Å². The molecule has 3 nitrogen and oxygen atoms in total. The Morgan fingerprint density at radius 1 is 1.23 bits per heavy atom. The van der Waals surface area contributed by atoms with E-state index >= 15 is 0 Å². The lowest BCUT2D eigenvalue weighted by atomic mass is 10.2. The van der Waals surface area contributed by atoms with Gasteiger partial charge in [0.15, 0.2) is 0 Å². The third kappa shape index (κ3) is 4.57. The van der Waals surface area contributed by atoms with E-state index in [0.29, 0.717) is 0 Å². The van der Waals surface area contributed by atoms with Gasteiger partial charge in [-0.15, -0.1) is 0 Å². The predicted molar refractivity (Wildman–Crippen MR) is 100 cm³/mol. The summed E-state index contributed by atoms with van der Waals surface area (Å²) < 4.78 is 7.67. The minimum atomic E-state index is -1.82. The van der Waals surface area contributed by atoms with Crippen molar-refractivity contribution in [1.82, 2.24) is 10.2 Å². The summed E-state index contributed by atoms with van der Waals surface area (Å²) >= 11 is 3.59. The van der Waals surface area contributed by atoms with Gasteiger partial charge in [-0.2, -0.15) is 0 Å². The number of hydrogen-bond donors (Lipinski definition) is 1. The van der Waals surface area contributed by atoms with E-state index in [0.717, 1.165) is 42.9 Å². The van der Waals surface area contributed by atoms with Gasteiger partial charge in [0, 0.05) is 42.8 Å². The molecule has 0 amide bonds. The smallest absolute Gasteiger partial charge is 0.250 e. The monoisotopic (exact) mass is 384 g/mol. The van der Waals surface area contributed by atoms with Crippen molar-refractivity contribution in [1.29, 1.82) is 0 Å². The van der Waals surface area contributed by atoms with Gasteiger partial charge in [-0.05, 0) is 30.3 Å². The van der Waals surface area contributed by atoms with Gasteiger partial charge in [0.25, 0.3) is 0 Å². The highest BCUT2D eigenvalue weighted by Crippen LogP contribution is 2.39. The highest BCUT2D eigenvalue weighted by Gasteiger charge is 2.39. The molecule has 1 fully saturated rings. The van der Waals surface area contributed by atoms with Crippen molar-refractivity contribution in [3.63, 3.8) is 0 Å². The molecule has 0 radical (unpaired) electrons. The van der Waals surface area contributed by atoms with E-state index in [2.05, 4.69) is 78.2 Å². The first-order valence-electron chi connectivity index (χ1n) is 8.09. The van der Waals surface area contributed by atoms with Gasteiger partial charge in [0.05, 0.1) is 0 Å². The molecule has 0 aromatic heterocycles. The van der Waals surface area contributed by atoms with Crippen LogP contribution in [-0.2, 0) is 6.54 Å². The summed E-state index contributed by atoms with van der Waals surface area (Å²) in [7, 11) is -1.82. The average molecular weight is 385 g/mol. The zero-order valence-corrected chi connectivity index (χ0v) is 17.1. The molecular formula is C17H29BrN2OSi. The van der Waals surface area contributed by atoms with Crippen LogP contribution < -0.4 is 9.74 Å². The summed E-state index contributed by atoms with van der Waals surface area (Å²) in [4.78, 5) is 2.50. The summed E-state index contributed by atoms with van der Waals surface area (Å²) in [6.45, 7) is 16.8. The molecule has 1 aliphatic heterocycles. The SMILES string of the molecule is CC(C)(C)[Si](C)(C)Oc1cc(Br)ccc1CN1CCNCC1. The van der Waals surface area contributed by atoms with Gasteiger partial charge in [-0.3, -0.25) is 4.90 Å². The molecule has 1 aromatic carbocycles. The van der Waals surface area contributed by atoms with Crippen molar-refractivity contribution in [2.75, 3.05) is 26.2 Å². The van der Waals surface area contributed by atoms with Crippen LogP contribution in [-0.4, -0.2) is 39.4 Å².